The van der Waals surface area contributed by atoms with E-state index in [0.29, 0.717) is 6.42 Å². The fraction of sp³-hybridized carbons (Fsp3) is 0.914. The van der Waals surface area contributed by atoms with E-state index in [1.165, 1.54) is 225 Å². The molecule has 1 fully saturated rings. The topological polar surface area (TPSA) is 149 Å². The molecule has 1 aliphatic heterocycles. The van der Waals surface area contributed by atoms with Gasteiger partial charge in [0.25, 0.3) is 0 Å². The Balaban J connectivity index is 2.23. The van der Waals surface area contributed by atoms with Crippen molar-refractivity contribution in [2.75, 3.05) is 13.2 Å². The molecule has 0 aromatic heterocycles. The van der Waals surface area contributed by atoms with E-state index in [4.69, 9.17) is 9.47 Å². The number of carbonyl (C=O) groups is 1. The van der Waals surface area contributed by atoms with Crippen molar-refractivity contribution in [1.29, 1.82) is 0 Å². The lowest BCUT2D eigenvalue weighted by Gasteiger charge is -2.40. The van der Waals surface area contributed by atoms with E-state index in [9.17, 15) is 30.3 Å². The Labute approximate surface area is 413 Å². The van der Waals surface area contributed by atoms with Crippen LogP contribution in [0.3, 0.4) is 0 Å². The smallest absolute Gasteiger partial charge is 0.220 e. The van der Waals surface area contributed by atoms with Crippen LogP contribution in [0.25, 0.3) is 0 Å². The van der Waals surface area contributed by atoms with Gasteiger partial charge in [0.15, 0.2) is 6.29 Å². The molecule has 1 aliphatic rings. The molecule has 7 atom stereocenters. The predicted octanol–water partition coefficient (Wildman–Crippen LogP) is 14.2. The molecule has 396 valence electrons. The summed E-state index contributed by atoms with van der Waals surface area (Å²) in [5.41, 5.74) is 0. The Hall–Kier alpha value is -1.33. The first-order valence-electron chi connectivity index (χ1n) is 29.1. The molecule has 0 aromatic rings. The van der Waals surface area contributed by atoms with Crippen LogP contribution in [0.2, 0.25) is 0 Å². The maximum atomic E-state index is 13.1. The minimum atomic E-state index is -1.57. The largest absolute Gasteiger partial charge is 0.394 e. The molecule has 0 radical (unpaired) electrons. The van der Waals surface area contributed by atoms with E-state index in [1.807, 2.05) is 6.08 Å². The molecular weight excluding hydrogens is 839 g/mol. The van der Waals surface area contributed by atoms with Crippen molar-refractivity contribution >= 4 is 5.91 Å². The molecule has 0 spiro atoms. The first-order chi connectivity index (χ1) is 32.8. The molecule has 67 heavy (non-hydrogen) atoms. The van der Waals surface area contributed by atoms with Crippen LogP contribution in [0, 0.1) is 0 Å². The molecule has 0 saturated carbocycles. The third-order valence-corrected chi connectivity index (χ3v) is 14.0. The first-order valence-corrected chi connectivity index (χ1v) is 29.1. The molecule has 0 bridgehead atoms. The maximum absolute atomic E-state index is 13.1. The summed E-state index contributed by atoms with van der Waals surface area (Å²) >= 11 is 0. The number of nitrogens with one attached hydrogen (secondary N) is 1. The number of hydrogen-bond donors (Lipinski definition) is 6. The zero-order valence-corrected chi connectivity index (χ0v) is 43.9. The standard InChI is InChI=1S/C58H111NO8/c1-3-5-7-9-11-13-15-17-19-21-23-25-26-28-30-32-34-36-38-40-42-44-46-48-54(62)59-51(50-66-58-57(65)56(64)55(63)53(49-60)67-58)52(61)47-45-43-41-39-37-35-33-31-29-27-24-22-20-18-16-14-12-10-8-6-4-2/h28,30,45,47,51-53,55-58,60-61,63-65H,3-27,29,31-44,46,48-50H2,1-2H3,(H,59,62)/b30-28-,47-45+. The number of allylic oxidation sites excluding steroid dienone is 3. The van der Waals surface area contributed by atoms with Crippen LogP contribution in [0.1, 0.15) is 284 Å². The Bertz CT molecular complexity index is 1100. The van der Waals surface area contributed by atoms with Crippen molar-refractivity contribution < 1.29 is 39.8 Å². The predicted molar refractivity (Wildman–Crippen MR) is 281 cm³/mol. The highest BCUT2D eigenvalue weighted by Crippen LogP contribution is 2.23. The second kappa shape index (κ2) is 48.3. The Morgan fingerprint density at radius 3 is 1.21 bits per heavy atom. The lowest BCUT2D eigenvalue weighted by Crippen LogP contribution is -2.60. The number of aliphatic hydroxyl groups excluding tert-OH is 5. The Kier molecular flexibility index (Phi) is 45.9. The van der Waals surface area contributed by atoms with Gasteiger partial charge in [0.05, 0.1) is 25.4 Å². The normalized spacial score (nSPS) is 19.8. The summed E-state index contributed by atoms with van der Waals surface area (Å²) in [6, 6.07) is -0.806. The van der Waals surface area contributed by atoms with E-state index in [-0.39, 0.29) is 12.5 Å². The molecular formula is C58H111NO8. The zero-order valence-electron chi connectivity index (χ0n) is 43.9. The van der Waals surface area contributed by atoms with E-state index in [1.54, 1.807) is 6.08 Å². The number of aliphatic hydroxyl groups is 5. The van der Waals surface area contributed by atoms with Crippen LogP contribution >= 0.6 is 0 Å². The zero-order chi connectivity index (χ0) is 48.7. The second-order valence-corrected chi connectivity index (χ2v) is 20.4. The molecule has 7 unspecified atom stereocenters. The van der Waals surface area contributed by atoms with Crippen LogP contribution < -0.4 is 5.32 Å². The summed E-state index contributed by atoms with van der Waals surface area (Å²) in [5, 5.41) is 54.5. The summed E-state index contributed by atoms with van der Waals surface area (Å²) in [6.07, 6.45) is 53.8. The summed E-state index contributed by atoms with van der Waals surface area (Å²) in [6.45, 7) is 3.81. The van der Waals surface area contributed by atoms with Gasteiger partial charge >= 0.3 is 0 Å². The third-order valence-electron chi connectivity index (χ3n) is 14.0. The van der Waals surface area contributed by atoms with Crippen LogP contribution in [-0.2, 0) is 14.3 Å². The van der Waals surface area contributed by atoms with E-state index in [2.05, 4.69) is 31.3 Å². The third kappa shape index (κ3) is 38.1. The lowest BCUT2D eigenvalue weighted by atomic mass is 9.99. The van der Waals surface area contributed by atoms with Gasteiger partial charge in [-0.15, -0.1) is 0 Å². The van der Waals surface area contributed by atoms with Crippen LogP contribution in [-0.4, -0.2) is 87.5 Å². The second-order valence-electron chi connectivity index (χ2n) is 20.4. The van der Waals surface area contributed by atoms with Crippen molar-refractivity contribution in [3.63, 3.8) is 0 Å². The highest BCUT2D eigenvalue weighted by Gasteiger charge is 2.44. The summed E-state index contributed by atoms with van der Waals surface area (Å²) in [5.74, 6) is -0.177. The highest BCUT2D eigenvalue weighted by molar-refractivity contribution is 5.76. The number of carbonyl (C=O) groups excluding carboxylic acids is 1. The summed E-state index contributed by atoms with van der Waals surface area (Å²) in [4.78, 5) is 13.1. The van der Waals surface area contributed by atoms with E-state index in [0.717, 1.165) is 38.5 Å². The fourth-order valence-electron chi connectivity index (χ4n) is 9.39. The minimum absolute atomic E-state index is 0.177. The molecule has 6 N–H and O–H groups in total. The van der Waals surface area contributed by atoms with Crippen molar-refractivity contribution in [2.24, 2.45) is 0 Å². The SMILES string of the molecule is CCCCCCCCCCCCCC/C=C\CCCCCCCCCC(=O)NC(COC1OC(CO)C(O)C(O)C1O)C(O)/C=C/CCCCCCCCCCCCCCCCCCCCC. The number of hydrogen-bond acceptors (Lipinski definition) is 8. The first kappa shape index (κ1) is 63.7. The maximum Gasteiger partial charge on any atom is 0.220 e. The minimum Gasteiger partial charge on any atom is -0.394 e. The van der Waals surface area contributed by atoms with Crippen LogP contribution in [0.4, 0.5) is 0 Å². The van der Waals surface area contributed by atoms with Crippen molar-refractivity contribution in [3.8, 4) is 0 Å². The van der Waals surface area contributed by atoms with Crippen molar-refractivity contribution in [2.45, 2.75) is 326 Å². The number of amides is 1. The van der Waals surface area contributed by atoms with Crippen molar-refractivity contribution in [3.05, 3.63) is 24.3 Å². The van der Waals surface area contributed by atoms with E-state index < -0.39 is 49.5 Å². The Morgan fingerprint density at radius 1 is 0.493 bits per heavy atom. The molecule has 1 saturated heterocycles. The van der Waals surface area contributed by atoms with Gasteiger partial charge in [0.1, 0.15) is 24.4 Å². The van der Waals surface area contributed by atoms with Gasteiger partial charge in [-0.2, -0.15) is 0 Å². The average Bonchev–Trinajstić information content (AvgIpc) is 3.33. The van der Waals surface area contributed by atoms with Gasteiger partial charge < -0.3 is 40.3 Å². The number of ether oxygens (including phenoxy) is 2. The van der Waals surface area contributed by atoms with Gasteiger partial charge in [-0.1, -0.05) is 256 Å². The molecule has 9 heteroatoms. The molecule has 9 nitrogen and oxygen atoms in total. The average molecular weight is 951 g/mol. The van der Waals surface area contributed by atoms with E-state index >= 15 is 0 Å². The van der Waals surface area contributed by atoms with Gasteiger partial charge in [-0.3, -0.25) is 4.79 Å². The lowest BCUT2D eigenvalue weighted by molar-refractivity contribution is -0.302. The number of unbranched alkanes of at least 4 members (excludes halogenated alkanes) is 38. The summed E-state index contributed by atoms with van der Waals surface area (Å²) in [7, 11) is 0. The monoisotopic (exact) mass is 950 g/mol. The van der Waals surface area contributed by atoms with Gasteiger partial charge in [0, 0.05) is 6.42 Å². The number of rotatable bonds is 50. The van der Waals surface area contributed by atoms with Gasteiger partial charge in [-0.05, 0) is 44.9 Å². The van der Waals surface area contributed by atoms with Crippen LogP contribution in [0.15, 0.2) is 24.3 Å². The quantitative estimate of drug-likeness (QED) is 0.0261. The van der Waals surface area contributed by atoms with Gasteiger partial charge in [0.2, 0.25) is 5.91 Å². The molecule has 0 aliphatic carbocycles. The molecule has 1 heterocycles. The Morgan fingerprint density at radius 2 is 0.836 bits per heavy atom. The molecule has 1 amide bonds. The fourth-order valence-corrected chi connectivity index (χ4v) is 9.39. The van der Waals surface area contributed by atoms with Crippen LogP contribution in [0.5, 0.6) is 0 Å². The van der Waals surface area contributed by atoms with Gasteiger partial charge in [-0.25, -0.2) is 0 Å². The highest BCUT2D eigenvalue weighted by atomic mass is 16.7. The molecule has 1 rings (SSSR count). The summed E-state index contributed by atoms with van der Waals surface area (Å²) < 4.78 is 11.3. The van der Waals surface area contributed by atoms with Crippen molar-refractivity contribution in [1.82, 2.24) is 5.32 Å². The molecule has 0 aromatic carbocycles.